The van der Waals surface area contributed by atoms with Crippen molar-refractivity contribution in [2.24, 2.45) is 0 Å². The molecule has 7 nitrogen and oxygen atoms in total. The second kappa shape index (κ2) is 10.5. The number of rotatable bonds is 5. The van der Waals surface area contributed by atoms with Gasteiger partial charge in [0.25, 0.3) is 5.91 Å². The summed E-state index contributed by atoms with van der Waals surface area (Å²) < 4.78 is 58.2. The molecule has 0 radical (unpaired) electrons. The molecule has 3 aromatic carbocycles. The summed E-state index contributed by atoms with van der Waals surface area (Å²) in [6.07, 6.45) is -3.78. The summed E-state index contributed by atoms with van der Waals surface area (Å²) in [5.74, 6) is -1.55. The first-order valence-electron chi connectivity index (χ1n) is 14.2. The fourth-order valence-corrected chi connectivity index (χ4v) is 6.57. The van der Waals surface area contributed by atoms with Crippen molar-refractivity contribution in [3.8, 4) is 0 Å². The maximum Gasteiger partial charge on any atom is 0.428 e. The van der Waals surface area contributed by atoms with E-state index in [2.05, 4.69) is 9.88 Å². The molecule has 3 heterocycles. The lowest BCUT2D eigenvalue weighted by Gasteiger charge is -2.44. The lowest BCUT2D eigenvalue weighted by molar-refractivity contribution is -0.252. The Balaban J connectivity index is 1.30. The van der Waals surface area contributed by atoms with Crippen molar-refractivity contribution < 1.29 is 32.3 Å². The van der Waals surface area contributed by atoms with E-state index in [0.29, 0.717) is 38.9 Å². The van der Waals surface area contributed by atoms with Crippen LogP contribution in [0.1, 0.15) is 47.9 Å². The van der Waals surface area contributed by atoms with Crippen LogP contribution in [0.5, 0.6) is 0 Å². The van der Waals surface area contributed by atoms with E-state index in [4.69, 9.17) is 0 Å². The Bertz CT molecular complexity index is 1680. The maximum atomic E-state index is 14.5. The lowest BCUT2D eigenvalue weighted by atomic mass is 9.83. The molecule has 2 saturated heterocycles. The van der Waals surface area contributed by atoms with E-state index in [-0.39, 0.29) is 34.8 Å². The minimum absolute atomic E-state index is 0.0206. The first kappa shape index (κ1) is 28.9. The first-order chi connectivity index (χ1) is 20.5. The Morgan fingerprint density at radius 1 is 0.977 bits per heavy atom. The molecule has 1 N–H and O–H groups in total. The molecular weight excluding hydrogens is 564 g/mol. The highest BCUT2D eigenvalue weighted by molar-refractivity contribution is 5.99. The Morgan fingerprint density at radius 2 is 1.65 bits per heavy atom. The molecule has 2 fully saturated rings. The van der Waals surface area contributed by atoms with E-state index >= 15 is 0 Å². The summed E-state index contributed by atoms with van der Waals surface area (Å²) in [5, 5.41) is 11.2. The number of alkyl halides is 3. The number of halogens is 4. The molecule has 43 heavy (non-hydrogen) atoms. The molecule has 2 aliphatic heterocycles. The van der Waals surface area contributed by atoms with Crippen molar-refractivity contribution in [1.82, 2.24) is 14.5 Å². The number of Topliss-reactive ketones (excluding diaryl/α,β-unsaturated/α-hetero) is 1. The van der Waals surface area contributed by atoms with Crippen LogP contribution in [0.15, 0.2) is 72.8 Å². The Labute approximate surface area is 245 Å². The van der Waals surface area contributed by atoms with Crippen LogP contribution >= 0.6 is 0 Å². The third kappa shape index (κ3) is 4.57. The number of hydrogen-bond acceptors (Lipinski definition) is 5. The number of imidazole rings is 1. The number of aliphatic hydroxyl groups is 1. The number of nitrogens with zero attached hydrogens (tertiary/aromatic N) is 4. The van der Waals surface area contributed by atoms with Gasteiger partial charge >= 0.3 is 6.18 Å². The van der Waals surface area contributed by atoms with Gasteiger partial charge in [-0.15, -0.1) is 0 Å². The van der Waals surface area contributed by atoms with Crippen LogP contribution < -0.4 is 4.90 Å². The number of carbonyl (C=O) groups excluding carboxylic acids is 2. The Morgan fingerprint density at radius 3 is 2.28 bits per heavy atom. The summed E-state index contributed by atoms with van der Waals surface area (Å²) in [6, 6.07) is 17.7. The fraction of sp³-hybridized carbons (Fsp3) is 0.344. The highest BCUT2D eigenvalue weighted by Crippen LogP contribution is 2.45. The third-order valence-corrected chi connectivity index (χ3v) is 8.85. The van der Waals surface area contributed by atoms with Crippen LogP contribution in [-0.2, 0) is 16.9 Å². The topological polar surface area (TPSA) is 78.7 Å². The number of ketones is 1. The number of anilines is 1. The van der Waals surface area contributed by atoms with Crippen LogP contribution in [-0.4, -0.2) is 62.6 Å². The molecule has 1 amide bonds. The number of hydrogen-bond donors (Lipinski definition) is 1. The van der Waals surface area contributed by atoms with E-state index in [1.807, 2.05) is 30.3 Å². The average Bonchev–Trinajstić information content (AvgIpc) is 3.54. The Kier molecular flexibility index (Phi) is 7.03. The molecule has 1 atom stereocenters. The number of fused-ring (bicyclic) bond motifs is 1. The normalized spacial score (nSPS) is 18.4. The SMILES string of the molecule is CCn1c(C(O)(c2ccc(F)cc2)C(F)(F)F)nc2ccc(C(=O)N3CCC4(CC3)C(=O)CCN4c3ccccc3)cc21. The molecule has 224 valence electrons. The molecule has 1 aromatic heterocycles. The minimum Gasteiger partial charge on any atom is -0.370 e. The number of piperidine rings is 1. The molecule has 0 saturated carbocycles. The zero-order valence-corrected chi connectivity index (χ0v) is 23.4. The van der Waals surface area contributed by atoms with Crippen LogP contribution in [0.4, 0.5) is 23.2 Å². The first-order valence-corrected chi connectivity index (χ1v) is 14.2. The van der Waals surface area contributed by atoms with Gasteiger partial charge in [-0.05, 0) is 62.2 Å². The number of benzene rings is 3. The third-order valence-electron chi connectivity index (χ3n) is 8.85. The number of amides is 1. The number of para-hydroxylation sites is 1. The van der Waals surface area contributed by atoms with E-state index in [0.717, 1.165) is 30.0 Å². The van der Waals surface area contributed by atoms with Crippen molar-refractivity contribution in [1.29, 1.82) is 0 Å². The highest BCUT2D eigenvalue weighted by Gasteiger charge is 2.59. The number of aromatic nitrogens is 2. The molecule has 2 aliphatic rings. The van der Waals surface area contributed by atoms with Gasteiger partial charge in [0.15, 0.2) is 11.6 Å². The summed E-state index contributed by atoms with van der Waals surface area (Å²) in [5.41, 5.74) is -3.09. The molecule has 6 rings (SSSR count). The molecular formula is C32H30F4N4O3. The largest absolute Gasteiger partial charge is 0.428 e. The molecule has 4 aromatic rings. The zero-order valence-electron chi connectivity index (χ0n) is 23.4. The summed E-state index contributed by atoms with van der Waals surface area (Å²) >= 11 is 0. The van der Waals surface area contributed by atoms with E-state index in [9.17, 15) is 32.3 Å². The number of aryl methyl sites for hydroxylation is 1. The number of carbonyl (C=O) groups is 2. The minimum atomic E-state index is -5.17. The van der Waals surface area contributed by atoms with Gasteiger partial charge < -0.3 is 19.5 Å². The lowest BCUT2D eigenvalue weighted by Crippen LogP contribution is -2.56. The fourth-order valence-electron chi connectivity index (χ4n) is 6.57. The smallest absolute Gasteiger partial charge is 0.370 e. The van der Waals surface area contributed by atoms with E-state index in [1.54, 1.807) is 11.8 Å². The van der Waals surface area contributed by atoms with Gasteiger partial charge in [0.2, 0.25) is 5.60 Å². The monoisotopic (exact) mass is 594 g/mol. The molecule has 11 heteroatoms. The molecule has 0 aliphatic carbocycles. The standard InChI is InChI=1S/C32H30F4N4O3/c1-2-39-26-20-21(8-13-25(26)37-29(39)31(43,32(34,35)36)22-9-11-23(33)12-10-22)28(42)38-18-15-30(16-19-38)27(41)14-17-40(30)24-6-4-3-5-7-24/h3-13,20,43H,2,14-19H2,1H3. The van der Waals surface area contributed by atoms with Gasteiger partial charge in [-0.3, -0.25) is 9.59 Å². The molecule has 0 bridgehead atoms. The van der Waals surface area contributed by atoms with Crippen LogP contribution in [0.25, 0.3) is 11.0 Å². The second-order valence-electron chi connectivity index (χ2n) is 11.1. The van der Waals surface area contributed by atoms with Crippen LogP contribution in [0, 0.1) is 5.82 Å². The van der Waals surface area contributed by atoms with Crippen molar-refractivity contribution in [3.05, 3.63) is 95.6 Å². The molecule has 1 spiro atoms. The van der Waals surface area contributed by atoms with Crippen molar-refractivity contribution in [2.45, 2.75) is 50.0 Å². The average molecular weight is 595 g/mol. The van der Waals surface area contributed by atoms with Gasteiger partial charge in [0.05, 0.1) is 11.0 Å². The zero-order chi connectivity index (χ0) is 30.6. The summed E-state index contributed by atoms with van der Waals surface area (Å²) in [7, 11) is 0. The van der Waals surface area contributed by atoms with Gasteiger partial charge in [0, 0.05) is 49.4 Å². The quantitative estimate of drug-likeness (QED) is 0.311. The van der Waals surface area contributed by atoms with E-state index < -0.39 is 34.5 Å². The summed E-state index contributed by atoms with van der Waals surface area (Å²) in [4.78, 5) is 34.7. The van der Waals surface area contributed by atoms with Crippen molar-refractivity contribution in [3.63, 3.8) is 0 Å². The van der Waals surface area contributed by atoms with E-state index in [1.165, 1.54) is 22.8 Å². The van der Waals surface area contributed by atoms with Gasteiger partial charge in [0.1, 0.15) is 11.4 Å². The van der Waals surface area contributed by atoms with Crippen molar-refractivity contribution in [2.75, 3.05) is 24.5 Å². The predicted molar refractivity (Wildman–Crippen MR) is 152 cm³/mol. The highest BCUT2D eigenvalue weighted by atomic mass is 19.4. The summed E-state index contributed by atoms with van der Waals surface area (Å²) in [6.45, 7) is 2.96. The van der Waals surface area contributed by atoms with Gasteiger partial charge in [-0.2, -0.15) is 13.2 Å². The van der Waals surface area contributed by atoms with Gasteiger partial charge in [-0.1, -0.05) is 30.3 Å². The van der Waals surface area contributed by atoms with Crippen LogP contribution in [0.2, 0.25) is 0 Å². The van der Waals surface area contributed by atoms with Crippen molar-refractivity contribution >= 4 is 28.4 Å². The maximum absolute atomic E-state index is 14.5. The number of likely N-dealkylation sites (tertiary alicyclic amines) is 1. The second-order valence-corrected chi connectivity index (χ2v) is 11.1. The van der Waals surface area contributed by atoms with Crippen LogP contribution in [0.3, 0.4) is 0 Å². The predicted octanol–water partition coefficient (Wildman–Crippen LogP) is 5.45. The molecule has 1 unspecified atom stereocenters. The Hall–Kier alpha value is -4.25. The van der Waals surface area contributed by atoms with Gasteiger partial charge in [-0.25, -0.2) is 9.37 Å².